The number of phenolic OH excluding ortho intramolecular Hbond substituents is 2. The van der Waals surface area contributed by atoms with Crippen molar-refractivity contribution in [3.8, 4) is 57.1 Å². The smallest absolute Gasteiger partial charge is 0.412 e. The van der Waals surface area contributed by atoms with Gasteiger partial charge in [0.25, 0.3) is 0 Å². The average Bonchev–Trinajstić information content (AvgIpc) is 0.761. The van der Waals surface area contributed by atoms with Crippen LogP contribution in [0.5, 0.6) is 46.0 Å². The van der Waals surface area contributed by atoms with Gasteiger partial charge in [-0.25, -0.2) is 4.79 Å². The molecule has 4 aliphatic carbocycles. The molecule has 112 heavy (non-hydrogen) atoms. The second kappa shape index (κ2) is 35.6. The molecule has 5 fully saturated rings. The van der Waals surface area contributed by atoms with Crippen molar-refractivity contribution in [3.63, 3.8) is 0 Å². The average molecular weight is 1590 g/mol. The summed E-state index contributed by atoms with van der Waals surface area (Å²) in [5, 5.41) is 110. The molecule has 6 amide bonds. The maximum Gasteiger partial charge on any atom is 0.412 e. The van der Waals surface area contributed by atoms with Gasteiger partial charge in [0.15, 0.2) is 28.8 Å². The number of Topliss-reactive ketones (excluding diaryl/α,β-unsaturated/α-hetero) is 3. The summed E-state index contributed by atoms with van der Waals surface area (Å²) in [4.78, 5) is 137. The molecule has 5 aromatic carbocycles. The van der Waals surface area contributed by atoms with Crippen molar-refractivity contribution in [2.45, 2.75) is 203 Å². The molecule has 0 aromatic heterocycles. The van der Waals surface area contributed by atoms with E-state index in [9.17, 15) is 55.2 Å². The molecule has 15 rings (SSSR count). The van der Waals surface area contributed by atoms with Crippen LogP contribution >= 0.6 is 23.2 Å². The van der Waals surface area contributed by atoms with Gasteiger partial charge >= 0.3 is 6.09 Å². The van der Waals surface area contributed by atoms with Gasteiger partial charge in [-0.15, -0.1) is 0 Å². The fourth-order valence-electron chi connectivity index (χ4n) is 17.4. The first kappa shape index (κ1) is 82.5. The number of amides is 6. The Morgan fingerprint density at radius 3 is 1.91 bits per heavy atom. The second-order valence-corrected chi connectivity index (χ2v) is 32.2. The number of ketones is 3. The minimum Gasteiger partial charge on any atom is -0.507 e. The van der Waals surface area contributed by atoms with Crippen LogP contribution in [0.15, 0.2) is 78.9 Å². The van der Waals surface area contributed by atoms with Gasteiger partial charge in [-0.05, 0) is 169 Å². The minimum atomic E-state index is -2.14. The third-order valence-corrected chi connectivity index (χ3v) is 23.8. The highest BCUT2D eigenvalue weighted by atomic mass is 35.5. The van der Waals surface area contributed by atoms with E-state index in [1.165, 1.54) is 61.6 Å². The Morgan fingerprint density at radius 1 is 0.652 bits per heavy atom. The number of aliphatic hydroxyl groups is 6. The number of halogens is 2. The number of carbonyl (C=O) groups is 9. The van der Waals surface area contributed by atoms with Crippen molar-refractivity contribution in [1.82, 2.24) is 31.9 Å². The summed E-state index contributed by atoms with van der Waals surface area (Å²) >= 11 is 14.3. The number of ether oxygens (including phenoxy) is 5. The van der Waals surface area contributed by atoms with E-state index in [0.29, 0.717) is 31.1 Å². The Kier molecular flexibility index (Phi) is 26.2. The monoisotopic (exact) mass is 1590 g/mol. The maximum absolute atomic E-state index is 16.4. The summed E-state index contributed by atoms with van der Waals surface area (Å²) in [6.45, 7) is 6.96. The number of carbonyl (C=O) groups excluding carboxylic acids is 9. The number of nitrogens with one attached hydrogen (secondary N) is 6. The molecule has 15 bridgehead atoms. The van der Waals surface area contributed by atoms with Crippen LogP contribution in [0.2, 0.25) is 10.0 Å². The van der Waals surface area contributed by atoms with Crippen LogP contribution < -0.4 is 50.8 Å². The zero-order chi connectivity index (χ0) is 80.3. The van der Waals surface area contributed by atoms with Gasteiger partial charge in [0, 0.05) is 62.4 Å². The van der Waals surface area contributed by atoms with Crippen molar-refractivity contribution in [3.05, 3.63) is 117 Å². The standard InChI is InChI=1S/C82H98Cl2N6O22/c1-6-8-9-10-11-18-86-82(107)108-48-32-52-66(56(93)33-48)51-25-41(12-15-55(51)92)50-35-58(95)67-46-29-62(109-60-16-13-42(26-53(60)83)71(98)69(89-77(103)40(7-2)19-37(3)4)57(94)28-47(78(104)87-67)31-65(97)85-5)76(112-81-75(102)74(101)73(100)64(36-91)111-81)63(30-46)110-61-17-14-43(27-54(61)84)72(99)70(90-79(50)105)80(106)88-68(52)59(96)34-49-44-21-38-20-39(23-44)24-45(49)22-38/h12-17,25-27,29-30,32-33,37-40,44-45,47,49-50,64,67-75,81,91-93,98-102H,6-11,18-24,28,31,34-36H2,1-5H3,(H,85,97)(H,86,107)(H,87,104)(H,88,106)(H,89,103)(H,90,105)/t38?,39?,40-,44?,45?,47+,49?,50-,64-,67-,68+,69+,70+,71-,72-,73-,74+,75-,81+/m1/s1. The van der Waals surface area contributed by atoms with E-state index < -0.39 is 192 Å². The lowest BCUT2D eigenvalue weighted by molar-refractivity contribution is -0.277. The Labute approximate surface area is 657 Å². The lowest BCUT2D eigenvalue weighted by atomic mass is 9.51. The van der Waals surface area contributed by atoms with Gasteiger partial charge in [-0.3, -0.25) is 38.4 Å². The highest BCUT2D eigenvalue weighted by molar-refractivity contribution is 6.32. The number of phenols is 2. The van der Waals surface area contributed by atoms with E-state index in [1.54, 1.807) is 6.92 Å². The molecule has 14 N–H and O–H groups in total. The van der Waals surface area contributed by atoms with E-state index in [1.807, 2.05) is 13.8 Å². The third kappa shape index (κ3) is 18.1. The molecule has 4 saturated carbocycles. The summed E-state index contributed by atoms with van der Waals surface area (Å²) in [6.07, 6.45) is -7.58. The predicted octanol–water partition coefficient (Wildman–Crippen LogP) is 8.84. The quantitative estimate of drug-likeness (QED) is 0.0323. The Balaban J connectivity index is 1.05. The molecule has 0 spiro atoms. The van der Waals surface area contributed by atoms with E-state index in [-0.39, 0.29) is 103 Å². The van der Waals surface area contributed by atoms with Crippen LogP contribution in [-0.2, 0) is 43.1 Å². The first-order chi connectivity index (χ1) is 53.5. The van der Waals surface area contributed by atoms with Crippen molar-refractivity contribution >= 4 is 76.2 Å². The fourth-order valence-corrected chi connectivity index (χ4v) is 17.9. The summed E-state index contributed by atoms with van der Waals surface area (Å²) in [5.74, 6) is -14.4. The van der Waals surface area contributed by atoms with E-state index in [4.69, 9.17) is 46.9 Å². The van der Waals surface area contributed by atoms with Crippen molar-refractivity contribution in [2.75, 3.05) is 20.2 Å². The number of hydrogen-bond donors (Lipinski definition) is 14. The molecule has 30 heteroatoms. The first-order valence-corrected chi connectivity index (χ1v) is 39.4. The van der Waals surface area contributed by atoms with Crippen LogP contribution in [0, 0.1) is 47.3 Å². The van der Waals surface area contributed by atoms with Gasteiger partial charge < -0.3 is 96.4 Å². The zero-order valence-electron chi connectivity index (χ0n) is 62.8. The predicted molar refractivity (Wildman–Crippen MR) is 405 cm³/mol. The molecule has 0 radical (unpaired) electrons. The summed E-state index contributed by atoms with van der Waals surface area (Å²) < 4.78 is 31.4. The molecule has 1 saturated heterocycles. The largest absolute Gasteiger partial charge is 0.507 e. The third-order valence-electron chi connectivity index (χ3n) is 23.2. The van der Waals surface area contributed by atoms with Crippen LogP contribution in [0.1, 0.15) is 188 Å². The maximum atomic E-state index is 16.4. The first-order valence-electron chi connectivity index (χ1n) is 38.6. The topological polar surface area (TPSA) is 434 Å². The second-order valence-electron chi connectivity index (χ2n) is 31.4. The Hall–Kier alpha value is -8.97. The van der Waals surface area contributed by atoms with Crippen LogP contribution in [0.3, 0.4) is 0 Å². The van der Waals surface area contributed by atoms with Crippen molar-refractivity contribution in [1.29, 1.82) is 0 Å². The number of unbranched alkanes of at least 4 members (excludes halogenated alkanes) is 4. The van der Waals surface area contributed by atoms with Gasteiger partial charge in [-0.2, -0.15) is 0 Å². The SMILES string of the molecule is CCCCCCCNC(=O)Oc1cc(O)c2c(c1)[C@@H](C(=O)CC1C3CC4CC(C3)CC1C4)NC(=O)[C@H]1NC(=O)[C@H](CC(=O)[C@@H]3NC(=O)[C@H](CC(=O)NC)CC(=O)[C@H](NC(=O)[C@H](CC)CC(C)C)[C@H](O)c4ccc(c(Cl)c4)Oc4cc3cc(c4O[C@@H]3O[C@H](CO)[C@@H](O)[C@H](O)[C@H]3O)Oc3ccc(cc3Cl)[C@H]1O)c1ccc(O)c-2c1. The molecular formula is C82H98Cl2N6O22. The summed E-state index contributed by atoms with van der Waals surface area (Å²) in [7, 11) is 1.26. The number of benzene rings is 5. The van der Waals surface area contributed by atoms with Crippen LogP contribution in [-0.4, -0.2) is 157 Å². The summed E-state index contributed by atoms with van der Waals surface area (Å²) in [5.41, 5.74) is -1.40. The van der Waals surface area contributed by atoms with Gasteiger partial charge in [0.05, 0.1) is 28.5 Å². The molecule has 5 aromatic rings. The Morgan fingerprint density at radius 2 is 1.29 bits per heavy atom. The Bertz CT molecular complexity index is 4380. The molecule has 10 aliphatic rings. The molecule has 28 nitrogen and oxygen atoms in total. The number of fused-ring (bicyclic) bond motifs is 15. The van der Waals surface area contributed by atoms with Gasteiger partial charge in [0.1, 0.15) is 89.5 Å². The van der Waals surface area contributed by atoms with E-state index in [0.717, 1.165) is 82.1 Å². The number of rotatable bonds is 20. The van der Waals surface area contributed by atoms with Gasteiger partial charge in [0.2, 0.25) is 41.6 Å². The number of hydrogen-bond acceptors (Lipinski definition) is 22. The summed E-state index contributed by atoms with van der Waals surface area (Å²) in [6, 6.07) is 7.86. The van der Waals surface area contributed by atoms with Gasteiger partial charge in [-0.1, -0.05) is 94.8 Å². The molecule has 0 unspecified atom stereocenters. The van der Waals surface area contributed by atoms with Crippen LogP contribution in [0.4, 0.5) is 4.79 Å². The normalized spacial score (nSPS) is 28.5. The number of aromatic hydroxyl groups is 2. The molecule has 14 atom stereocenters. The zero-order valence-corrected chi connectivity index (χ0v) is 64.3. The van der Waals surface area contributed by atoms with Crippen molar-refractivity contribution in [2.24, 2.45) is 47.3 Å². The molecular weight excluding hydrogens is 1490 g/mol. The van der Waals surface area contributed by atoms with E-state index in [2.05, 4.69) is 38.8 Å². The lowest BCUT2D eigenvalue weighted by Gasteiger charge is -2.54. The highest BCUT2D eigenvalue weighted by Crippen LogP contribution is 2.58. The molecule has 6 aliphatic heterocycles. The fraction of sp³-hybridized carbons (Fsp3) is 0.524. The number of aliphatic hydroxyl groups excluding tert-OH is 6. The molecule has 602 valence electrons. The van der Waals surface area contributed by atoms with E-state index >= 15 is 28.8 Å². The highest BCUT2D eigenvalue weighted by Gasteiger charge is 2.51. The molecule has 6 heterocycles. The minimum absolute atomic E-state index is 0.00581. The van der Waals surface area contributed by atoms with Crippen LogP contribution in [0.25, 0.3) is 11.1 Å². The van der Waals surface area contributed by atoms with Crippen molar-refractivity contribution < 1.29 is 108 Å². The lowest BCUT2D eigenvalue weighted by Crippen LogP contribution is -2.60.